The molecule has 2 aromatic heterocycles. The first kappa shape index (κ1) is 20.6. The van der Waals surface area contributed by atoms with Crippen molar-refractivity contribution < 1.29 is 13.5 Å². The number of rotatable bonds is 5. The first-order valence-electron chi connectivity index (χ1n) is 10.2. The highest BCUT2D eigenvalue weighted by Crippen LogP contribution is 2.40. The van der Waals surface area contributed by atoms with Crippen LogP contribution in [0, 0.1) is 17.6 Å². The van der Waals surface area contributed by atoms with Crippen LogP contribution in [0.4, 0.5) is 8.78 Å². The van der Waals surface area contributed by atoms with Crippen molar-refractivity contribution in [3.05, 3.63) is 47.8 Å². The van der Waals surface area contributed by atoms with E-state index in [0.717, 1.165) is 24.5 Å². The molecule has 2 heterocycles. The van der Waals surface area contributed by atoms with Gasteiger partial charge in [0.05, 0.1) is 13.3 Å². The molecule has 0 aliphatic heterocycles. The van der Waals surface area contributed by atoms with E-state index in [0.29, 0.717) is 33.8 Å². The van der Waals surface area contributed by atoms with Gasteiger partial charge < -0.3 is 9.72 Å². The maximum atomic E-state index is 14.9. The Kier molecular flexibility index (Phi) is 6.37. The number of hydrogen-bond acceptors (Lipinski definition) is 2. The van der Waals surface area contributed by atoms with E-state index in [9.17, 15) is 8.78 Å². The minimum atomic E-state index is -0.477. The summed E-state index contributed by atoms with van der Waals surface area (Å²) in [4.78, 5) is 7.68. The average molecular weight is 510 g/mol. The van der Waals surface area contributed by atoms with Gasteiger partial charge in [-0.1, -0.05) is 35.4 Å². The molecule has 2 atom stereocenters. The number of alkyl halides is 1. The highest BCUT2D eigenvalue weighted by molar-refractivity contribution is 14.1. The lowest BCUT2D eigenvalue weighted by Gasteiger charge is -2.13. The molecule has 0 amide bonds. The molecular formula is C23H25F2IN2O. The number of H-pyrrole nitrogens is 1. The predicted octanol–water partition coefficient (Wildman–Crippen LogP) is 7.01. The molecular weight excluding hydrogens is 485 g/mol. The topological polar surface area (TPSA) is 37.9 Å². The van der Waals surface area contributed by atoms with Gasteiger partial charge in [-0.25, -0.2) is 13.8 Å². The molecule has 0 spiro atoms. The van der Waals surface area contributed by atoms with Crippen LogP contribution in [-0.2, 0) is 0 Å². The fourth-order valence-corrected chi connectivity index (χ4v) is 5.45. The SMILES string of the molecule is COc1ccc(F)cc1-c1c(F)cnc2[nH]c(C3CCCC(CCI)CC3)cc12. The van der Waals surface area contributed by atoms with Crippen LogP contribution >= 0.6 is 22.6 Å². The molecule has 1 fully saturated rings. The van der Waals surface area contributed by atoms with Crippen LogP contribution in [-0.4, -0.2) is 21.5 Å². The Morgan fingerprint density at radius 3 is 2.83 bits per heavy atom. The van der Waals surface area contributed by atoms with E-state index >= 15 is 0 Å². The zero-order chi connectivity index (χ0) is 20.4. The fraction of sp³-hybridized carbons (Fsp3) is 0.435. The molecule has 1 aliphatic carbocycles. The molecule has 6 heteroatoms. The maximum Gasteiger partial charge on any atom is 0.150 e. The lowest BCUT2D eigenvalue weighted by molar-refractivity contribution is 0.415. The second-order valence-corrected chi connectivity index (χ2v) is 8.94. The predicted molar refractivity (Wildman–Crippen MR) is 121 cm³/mol. The molecule has 1 N–H and O–H groups in total. The molecule has 3 nitrogen and oxygen atoms in total. The summed E-state index contributed by atoms with van der Waals surface area (Å²) in [5.41, 5.74) is 2.48. The molecule has 0 bridgehead atoms. The Labute approximate surface area is 183 Å². The third-order valence-electron chi connectivity index (χ3n) is 6.11. The number of pyridine rings is 1. The molecule has 29 heavy (non-hydrogen) atoms. The molecule has 0 radical (unpaired) electrons. The van der Waals surface area contributed by atoms with Gasteiger partial charge >= 0.3 is 0 Å². The second-order valence-electron chi connectivity index (χ2n) is 7.86. The summed E-state index contributed by atoms with van der Waals surface area (Å²) < 4.78 is 35.4. The first-order valence-corrected chi connectivity index (χ1v) is 11.7. The molecule has 2 unspecified atom stereocenters. The van der Waals surface area contributed by atoms with E-state index in [2.05, 4.69) is 32.6 Å². The van der Waals surface area contributed by atoms with E-state index in [1.54, 1.807) is 0 Å². The van der Waals surface area contributed by atoms with Gasteiger partial charge in [-0.3, -0.25) is 0 Å². The van der Waals surface area contributed by atoms with Crippen LogP contribution in [0.3, 0.4) is 0 Å². The Morgan fingerprint density at radius 1 is 1.17 bits per heavy atom. The normalized spacial score (nSPS) is 20.0. The van der Waals surface area contributed by atoms with Crippen LogP contribution in [0.25, 0.3) is 22.2 Å². The fourth-order valence-electron chi connectivity index (χ4n) is 4.57. The van der Waals surface area contributed by atoms with E-state index in [1.165, 1.54) is 61.6 Å². The van der Waals surface area contributed by atoms with Gasteiger partial charge in [0.1, 0.15) is 23.0 Å². The molecule has 0 saturated heterocycles. The summed E-state index contributed by atoms with van der Waals surface area (Å²) in [6, 6.07) is 6.18. The third-order valence-corrected chi connectivity index (χ3v) is 6.73. The molecule has 4 rings (SSSR count). The number of methoxy groups -OCH3 is 1. The van der Waals surface area contributed by atoms with Crippen molar-refractivity contribution in [1.29, 1.82) is 0 Å². The quantitative estimate of drug-likeness (QED) is 0.228. The summed E-state index contributed by atoms with van der Waals surface area (Å²) in [5, 5.41) is 0.678. The highest BCUT2D eigenvalue weighted by Gasteiger charge is 2.23. The van der Waals surface area contributed by atoms with Crippen molar-refractivity contribution in [3.63, 3.8) is 0 Å². The molecule has 1 aromatic carbocycles. The number of nitrogens with one attached hydrogen (secondary N) is 1. The number of benzene rings is 1. The second kappa shape index (κ2) is 8.98. The number of aromatic nitrogens is 2. The van der Waals surface area contributed by atoms with E-state index in [-0.39, 0.29) is 0 Å². The number of ether oxygens (including phenoxy) is 1. The number of nitrogens with zero attached hydrogens (tertiary/aromatic N) is 1. The Bertz CT molecular complexity index is 1000. The highest BCUT2D eigenvalue weighted by atomic mass is 127. The lowest BCUT2D eigenvalue weighted by atomic mass is 9.94. The van der Waals surface area contributed by atoms with Crippen molar-refractivity contribution in [2.45, 2.75) is 44.4 Å². The van der Waals surface area contributed by atoms with Crippen LogP contribution in [0.5, 0.6) is 5.75 Å². The summed E-state index contributed by atoms with van der Waals surface area (Å²) >= 11 is 2.46. The summed E-state index contributed by atoms with van der Waals surface area (Å²) in [6.07, 6.45) is 8.49. The number of halogens is 3. The van der Waals surface area contributed by atoms with Gasteiger partial charge in [0, 0.05) is 22.2 Å². The van der Waals surface area contributed by atoms with Crippen LogP contribution in [0.2, 0.25) is 0 Å². The van der Waals surface area contributed by atoms with Crippen molar-refractivity contribution in [1.82, 2.24) is 9.97 Å². The first-order chi connectivity index (χ1) is 14.1. The zero-order valence-corrected chi connectivity index (χ0v) is 18.6. The van der Waals surface area contributed by atoms with Crippen LogP contribution < -0.4 is 4.74 Å². The van der Waals surface area contributed by atoms with Crippen LogP contribution in [0.1, 0.15) is 50.1 Å². The van der Waals surface area contributed by atoms with Gasteiger partial charge in [-0.05, 0) is 66.2 Å². The van der Waals surface area contributed by atoms with Gasteiger partial charge in [-0.15, -0.1) is 0 Å². The van der Waals surface area contributed by atoms with Gasteiger partial charge in [0.15, 0.2) is 0 Å². The van der Waals surface area contributed by atoms with Crippen molar-refractivity contribution >= 4 is 33.6 Å². The maximum absolute atomic E-state index is 14.9. The minimum Gasteiger partial charge on any atom is -0.496 e. The molecule has 1 aliphatic rings. The summed E-state index contributed by atoms with van der Waals surface area (Å²) in [5.74, 6) is 0.773. The van der Waals surface area contributed by atoms with Gasteiger partial charge in [0.25, 0.3) is 0 Å². The molecule has 1 saturated carbocycles. The van der Waals surface area contributed by atoms with Crippen molar-refractivity contribution in [2.75, 3.05) is 11.5 Å². The van der Waals surface area contributed by atoms with E-state index < -0.39 is 11.6 Å². The monoisotopic (exact) mass is 510 g/mol. The van der Waals surface area contributed by atoms with Gasteiger partial charge in [0.2, 0.25) is 0 Å². The Hall–Kier alpha value is -1.70. The molecule has 154 valence electrons. The Balaban J connectivity index is 1.74. The zero-order valence-electron chi connectivity index (χ0n) is 16.5. The summed E-state index contributed by atoms with van der Waals surface area (Å²) in [6.45, 7) is 0. The number of hydrogen-bond donors (Lipinski definition) is 1. The Morgan fingerprint density at radius 2 is 2.03 bits per heavy atom. The van der Waals surface area contributed by atoms with E-state index in [1.807, 2.05) is 6.07 Å². The lowest BCUT2D eigenvalue weighted by Crippen LogP contribution is -2.00. The number of aromatic amines is 1. The third kappa shape index (κ3) is 4.27. The molecule has 3 aromatic rings. The average Bonchev–Trinajstić information content (AvgIpc) is 3.00. The largest absolute Gasteiger partial charge is 0.496 e. The van der Waals surface area contributed by atoms with Gasteiger partial charge in [-0.2, -0.15) is 0 Å². The van der Waals surface area contributed by atoms with E-state index in [4.69, 9.17) is 4.74 Å². The smallest absolute Gasteiger partial charge is 0.150 e. The van der Waals surface area contributed by atoms with Crippen molar-refractivity contribution in [3.8, 4) is 16.9 Å². The number of fused-ring (bicyclic) bond motifs is 1. The standard InChI is InChI=1S/C23H25F2IN2O/c1-29-21-8-7-16(24)11-17(21)22-18-12-20(28-23(18)27-13-19(22)25)15-4-2-3-14(5-6-15)9-10-26/h7-8,11-15H,2-6,9-10H2,1H3,(H,27,28). The van der Waals surface area contributed by atoms with Crippen molar-refractivity contribution in [2.24, 2.45) is 5.92 Å². The minimum absolute atomic E-state index is 0.338. The summed E-state index contributed by atoms with van der Waals surface area (Å²) in [7, 11) is 1.51. The van der Waals surface area contributed by atoms with Crippen LogP contribution in [0.15, 0.2) is 30.5 Å².